The Bertz CT molecular complexity index is 353. The van der Waals surface area contributed by atoms with Crippen molar-refractivity contribution in [2.45, 2.75) is 0 Å². The van der Waals surface area contributed by atoms with Gasteiger partial charge in [-0.3, -0.25) is 0 Å². The molecule has 0 aliphatic rings. The van der Waals surface area contributed by atoms with Crippen molar-refractivity contribution >= 4 is 15.9 Å². The number of hydrogen-bond acceptors (Lipinski definition) is 3. The normalized spacial score (nSPS) is 10.1. The number of rotatable bonds is 1. The number of H-pyrrole nitrogens is 1. The highest BCUT2D eigenvalue weighted by Gasteiger charge is 1.99. The molecule has 2 rings (SSSR count). The Morgan fingerprint density at radius 2 is 2.33 bits per heavy atom. The summed E-state index contributed by atoms with van der Waals surface area (Å²) in [5, 5.41) is 13.3. The molecule has 1 heterocycles. The minimum absolute atomic E-state index is 0.627. The van der Waals surface area contributed by atoms with E-state index in [1.54, 1.807) is 0 Å². The lowest BCUT2D eigenvalue weighted by molar-refractivity contribution is 0.881. The summed E-state index contributed by atoms with van der Waals surface area (Å²) >= 11 is 3.32. The molecule has 1 aromatic heterocycles. The van der Waals surface area contributed by atoms with E-state index in [1.165, 1.54) is 0 Å². The van der Waals surface area contributed by atoms with Crippen LogP contribution in [0.4, 0.5) is 0 Å². The second kappa shape index (κ2) is 3.02. The topological polar surface area (TPSA) is 54.5 Å². The number of halogens is 1. The van der Waals surface area contributed by atoms with Crippen LogP contribution in [0.5, 0.6) is 0 Å². The Morgan fingerprint density at radius 1 is 1.42 bits per heavy atom. The summed E-state index contributed by atoms with van der Waals surface area (Å²) in [6, 6.07) is 8.63. The molecule has 1 aromatic carbocycles. The fourth-order valence-electron chi connectivity index (χ4n) is 0.826. The highest BCUT2D eigenvalue weighted by Crippen LogP contribution is 2.15. The molecule has 12 heavy (non-hydrogen) atoms. The van der Waals surface area contributed by atoms with Gasteiger partial charge in [0.05, 0.1) is 0 Å². The van der Waals surface area contributed by atoms with Gasteiger partial charge < -0.3 is 0 Å². The van der Waals surface area contributed by atoms with Gasteiger partial charge >= 0.3 is 0 Å². The Morgan fingerprint density at radius 3 is 2.92 bits per heavy atom. The zero-order valence-electron chi connectivity index (χ0n) is 5.95. The Hall–Kier alpha value is -1.23. The average molecular weight is 224 g/mol. The molecular formula is C7H4BrN4. The van der Waals surface area contributed by atoms with Gasteiger partial charge in [-0.05, 0) is 34.7 Å². The predicted octanol–water partition coefficient (Wildman–Crippen LogP) is 1.43. The van der Waals surface area contributed by atoms with Crippen LogP contribution in [0.15, 0.2) is 22.7 Å². The average Bonchev–Trinajstić information content (AvgIpc) is 2.58. The third-order valence-corrected chi connectivity index (χ3v) is 1.87. The summed E-state index contributed by atoms with van der Waals surface area (Å²) < 4.78 is 0.985. The minimum atomic E-state index is 0.627. The lowest BCUT2D eigenvalue weighted by Crippen LogP contribution is -1.80. The Balaban J connectivity index is 2.43. The summed E-state index contributed by atoms with van der Waals surface area (Å²) in [7, 11) is 0. The quantitative estimate of drug-likeness (QED) is 0.796. The summed E-state index contributed by atoms with van der Waals surface area (Å²) in [6.45, 7) is 0. The van der Waals surface area contributed by atoms with E-state index < -0.39 is 0 Å². The molecule has 0 saturated carbocycles. The summed E-state index contributed by atoms with van der Waals surface area (Å²) in [5.74, 6) is 0.627. The van der Waals surface area contributed by atoms with Gasteiger partial charge in [0.1, 0.15) is 0 Å². The van der Waals surface area contributed by atoms with E-state index in [2.05, 4.69) is 42.6 Å². The first-order valence-corrected chi connectivity index (χ1v) is 4.07. The zero-order chi connectivity index (χ0) is 8.39. The van der Waals surface area contributed by atoms with Gasteiger partial charge in [-0.25, -0.2) is 5.10 Å². The van der Waals surface area contributed by atoms with Crippen LogP contribution in [-0.2, 0) is 0 Å². The molecule has 4 nitrogen and oxygen atoms in total. The number of nitrogens with one attached hydrogen (secondary N) is 1. The van der Waals surface area contributed by atoms with Gasteiger partial charge in [-0.15, -0.1) is 5.10 Å². The number of nitrogens with zero attached hydrogens (tertiary/aromatic N) is 3. The largest absolute Gasteiger partial charge is 0.239 e. The number of aromatic amines is 1. The molecule has 1 radical (unpaired) electrons. The first-order chi connectivity index (χ1) is 5.86. The van der Waals surface area contributed by atoms with E-state index >= 15 is 0 Å². The van der Waals surface area contributed by atoms with Gasteiger partial charge in [-0.2, -0.15) is 0 Å². The third-order valence-electron chi connectivity index (χ3n) is 1.38. The fraction of sp³-hybridized carbons (Fsp3) is 0. The molecule has 0 fully saturated rings. The highest BCUT2D eigenvalue weighted by atomic mass is 79.9. The fourth-order valence-corrected chi connectivity index (χ4v) is 1.07. The third kappa shape index (κ3) is 1.35. The molecule has 2 aromatic rings. The van der Waals surface area contributed by atoms with E-state index in [1.807, 2.05) is 18.2 Å². The first-order valence-electron chi connectivity index (χ1n) is 3.27. The number of tetrazole rings is 1. The SMILES string of the molecule is Brc1c[c]c(-c2nnn[nH]2)cc1. The van der Waals surface area contributed by atoms with Crippen molar-refractivity contribution in [3.05, 3.63) is 28.7 Å². The maximum Gasteiger partial charge on any atom is 0.180 e. The van der Waals surface area contributed by atoms with Crippen LogP contribution in [0.25, 0.3) is 11.4 Å². The van der Waals surface area contributed by atoms with Crippen LogP contribution in [0.2, 0.25) is 0 Å². The van der Waals surface area contributed by atoms with Crippen LogP contribution < -0.4 is 0 Å². The van der Waals surface area contributed by atoms with Gasteiger partial charge in [0.2, 0.25) is 0 Å². The maximum atomic E-state index is 3.75. The Kier molecular flexibility index (Phi) is 1.87. The lowest BCUT2D eigenvalue weighted by atomic mass is 10.2. The van der Waals surface area contributed by atoms with Crippen LogP contribution in [0.3, 0.4) is 0 Å². The van der Waals surface area contributed by atoms with Crippen molar-refractivity contribution in [2.75, 3.05) is 0 Å². The molecule has 0 aliphatic carbocycles. The molecule has 0 bridgehead atoms. The van der Waals surface area contributed by atoms with Gasteiger partial charge in [-0.1, -0.05) is 15.9 Å². The van der Waals surface area contributed by atoms with E-state index in [0.29, 0.717) is 5.82 Å². The molecule has 5 heteroatoms. The van der Waals surface area contributed by atoms with E-state index in [4.69, 9.17) is 0 Å². The van der Waals surface area contributed by atoms with Crippen LogP contribution in [0.1, 0.15) is 0 Å². The van der Waals surface area contributed by atoms with E-state index in [-0.39, 0.29) is 0 Å². The highest BCUT2D eigenvalue weighted by molar-refractivity contribution is 9.10. The first kappa shape index (κ1) is 7.42. The molecule has 0 saturated heterocycles. The second-order valence-electron chi connectivity index (χ2n) is 2.17. The molecular weight excluding hydrogens is 220 g/mol. The van der Waals surface area contributed by atoms with Crippen molar-refractivity contribution in [3.63, 3.8) is 0 Å². The summed E-state index contributed by atoms with van der Waals surface area (Å²) in [4.78, 5) is 0. The van der Waals surface area contributed by atoms with E-state index in [9.17, 15) is 0 Å². The minimum Gasteiger partial charge on any atom is -0.239 e. The zero-order valence-corrected chi connectivity index (χ0v) is 7.54. The summed E-state index contributed by atoms with van der Waals surface area (Å²) in [6.07, 6.45) is 0. The van der Waals surface area contributed by atoms with Crippen molar-refractivity contribution < 1.29 is 0 Å². The van der Waals surface area contributed by atoms with Crippen molar-refractivity contribution in [2.24, 2.45) is 0 Å². The second-order valence-corrected chi connectivity index (χ2v) is 3.09. The number of aromatic nitrogens is 4. The Labute approximate surface area is 77.1 Å². The maximum absolute atomic E-state index is 3.75. The van der Waals surface area contributed by atoms with Gasteiger partial charge in [0, 0.05) is 10.0 Å². The van der Waals surface area contributed by atoms with Gasteiger partial charge in [0.15, 0.2) is 5.82 Å². The van der Waals surface area contributed by atoms with E-state index in [0.717, 1.165) is 10.0 Å². The number of benzene rings is 1. The molecule has 0 amide bonds. The molecule has 0 unspecified atom stereocenters. The summed E-state index contributed by atoms with van der Waals surface area (Å²) in [5.41, 5.74) is 0.850. The van der Waals surface area contributed by atoms with Gasteiger partial charge in [0.25, 0.3) is 0 Å². The van der Waals surface area contributed by atoms with Crippen molar-refractivity contribution in [3.8, 4) is 11.4 Å². The smallest absolute Gasteiger partial charge is 0.180 e. The van der Waals surface area contributed by atoms with Crippen molar-refractivity contribution in [1.82, 2.24) is 20.6 Å². The monoisotopic (exact) mass is 223 g/mol. The molecule has 0 spiro atoms. The molecule has 59 valence electrons. The van der Waals surface area contributed by atoms with Crippen LogP contribution in [-0.4, -0.2) is 20.6 Å². The van der Waals surface area contributed by atoms with Crippen LogP contribution >= 0.6 is 15.9 Å². The predicted molar refractivity (Wildman–Crippen MR) is 46.1 cm³/mol. The van der Waals surface area contributed by atoms with Crippen LogP contribution in [0, 0.1) is 6.07 Å². The lowest BCUT2D eigenvalue weighted by Gasteiger charge is -1.92. The van der Waals surface area contributed by atoms with Crippen molar-refractivity contribution in [1.29, 1.82) is 0 Å². The molecule has 1 N–H and O–H groups in total. The molecule has 0 aliphatic heterocycles. The molecule has 0 atom stereocenters. The number of hydrogen-bond donors (Lipinski definition) is 1. The standard InChI is InChI=1S/C7H4BrN4/c8-6-3-1-5(2-4-6)7-9-11-12-10-7/h1,3-4H,(H,9,10,11,12).